The van der Waals surface area contributed by atoms with E-state index in [4.69, 9.17) is 9.47 Å². The lowest BCUT2D eigenvalue weighted by Crippen LogP contribution is -2.39. The first-order chi connectivity index (χ1) is 23.6. The van der Waals surface area contributed by atoms with Gasteiger partial charge >= 0.3 is 0 Å². The average molecular weight is 685 g/mol. The molecule has 3 aromatic carbocycles. The molecule has 2 N–H and O–H groups in total. The number of aromatic nitrogens is 1. The van der Waals surface area contributed by atoms with E-state index in [1.165, 1.54) is 47.7 Å². The molecular formula is C37H34F2N4O5S. The summed E-state index contributed by atoms with van der Waals surface area (Å²) in [4.78, 5) is 45.3. The Morgan fingerprint density at radius 2 is 1.59 bits per heavy atom. The second-order valence-corrected chi connectivity index (χ2v) is 13.1. The zero-order valence-electron chi connectivity index (χ0n) is 27.1. The molecule has 0 aliphatic heterocycles. The van der Waals surface area contributed by atoms with Crippen molar-refractivity contribution in [1.29, 1.82) is 0 Å². The van der Waals surface area contributed by atoms with Crippen molar-refractivity contribution in [3.05, 3.63) is 102 Å². The van der Waals surface area contributed by atoms with Crippen LogP contribution >= 0.6 is 11.3 Å². The SMILES string of the molecule is COC[C@H](C)N(Cc1ccc(-c2cc3nccc(Oc4ccc(NC(=O)C5(C(=O)Nc6ccc(F)cc6)CC5)cc4F)c3s2)cc1)C(C)=O. The van der Waals surface area contributed by atoms with Gasteiger partial charge in [-0.15, -0.1) is 11.3 Å². The highest BCUT2D eigenvalue weighted by Gasteiger charge is 2.56. The summed E-state index contributed by atoms with van der Waals surface area (Å²) in [6.45, 7) is 4.41. The Morgan fingerprint density at radius 3 is 2.22 bits per heavy atom. The molecule has 49 heavy (non-hydrogen) atoms. The van der Waals surface area contributed by atoms with Gasteiger partial charge in [0.2, 0.25) is 17.7 Å². The molecule has 1 aliphatic rings. The normalized spacial score (nSPS) is 13.8. The summed E-state index contributed by atoms with van der Waals surface area (Å²) < 4.78 is 40.5. The van der Waals surface area contributed by atoms with Gasteiger partial charge in [0.15, 0.2) is 11.6 Å². The largest absolute Gasteiger partial charge is 0.453 e. The highest BCUT2D eigenvalue weighted by molar-refractivity contribution is 7.22. The van der Waals surface area contributed by atoms with Gasteiger partial charge in [0, 0.05) is 55.2 Å². The number of hydrogen-bond acceptors (Lipinski definition) is 7. The number of methoxy groups -OCH3 is 1. The standard InChI is InChI=1S/C37H34F2N4O5S/c1-22(21-47-3)43(23(2)44)20-24-4-6-25(7-5-24)33-19-30-34(49-33)32(14-17-40-30)48-31-13-12-28(18-29(31)39)42-36(46)37(15-16-37)35(45)41-27-10-8-26(38)9-11-27/h4-14,17-19,22H,15-16,20-21H2,1-3H3,(H,41,45)(H,42,46)/t22-/m0/s1. The van der Waals surface area contributed by atoms with Crippen LogP contribution in [0, 0.1) is 17.0 Å². The molecule has 0 saturated heterocycles. The molecule has 1 saturated carbocycles. The van der Waals surface area contributed by atoms with Crippen molar-refractivity contribution in [3.8, 4) is 21.9 Å². The number of thiophene rings is 1. The predicted octanol–water partition coefficient (Wildman–Crippen LogP) is 7.77. The fourth-order valence-corrected chi connectivity index (χ4v) is 6.58. The molecule has 0 radical (unpaired) electrons. The molecule has 9 nitrogen and oxygen atoms in total. The van der Waals surface area contributed by atoms with Crippen molar-refractivity contribution in [1.82, 2.24) is 9.88 Å². The Labute approximate surface area is 285 Å². The van der Waals surface area contributed by atoms with Crippen LogP contribution in [-0.4, -0.2) is 47.4 Å². The van der Waals surface area contributed by atoms with E-state index < -0.39 is 28.9 Å². The Balaban J connectivity index is 1.13. The van der Waals surface area contributed by atoms with E-state index in [9.17, 15) is 18.8 Å². The van der Waals surface area contributed by atoms with E-state index in [2.05, 4.69) is 15.6 Å². The van der Waals surface area contributed by atoms with Gasteiger partial charge in [0.25, 0.3) is 0 Å². The van der Waals surface area contributed by atoms with Crippen molar-refractivity contribution in [2.75, 3.05) is 24.4 Å². The van der Waals surface area contributed by atoms with Gasteiger partial charge in [0.05, 0.1) is 22.9 Å². The van der Waals surface area contributed by atoms with Crippen LogP contribution in [-0.2, 0) is 25.7 Å². The summed E-state index contributed by atoms with van der Waals surface area (Å²) in [5, 5.41) is 5.30. The number of carbonyl (C=O) groups excluding carboxylic acids is 3. The van der Waals surface area contributed by atoms with Crippen LogP contribution in [0.1, 0.15) is 32.3 Å². The number of hydrogen-bond donors (Lipinski definition) is 2. The maximum atomic E-state index is 15.3. The summed E-state index contributed by atoms with van der Waals surface area (Å²) in [6.07, 6.45) is 2.27. The van der Waals surface area contributed by atoms with E-state index >= 15 is 4.39 Å². The smallest absolute Gasteiger partial charge is 0.240 e. The molecule has 1 aliphatic carbocycles. The summed E-state index contributed by atoms with van der Waals surface area (Å²) in [5.41, 5.74) is 1.91. The molecule has 0 spiro atoms. The number of benzene rings is 3. The van der Waals surface area contributed by atoms with Gasteiger partial charge in [-0.05, 0) is 73.4 Å². The van der Waals surface area contributed by atoms with E-state index in [1.54, 1.807) is 31.2 Å². The molecule has 0 unspecified atom stereocenters. The third-order valence-corrected chi connectivity index (χ3v) is 9.63. The minimum Gasteiger partial charge on any atom is -0.453 e. The third-order valence-electron chi connectivity index (χ3n) is 8.44. The number of nitrogens with zero attached hydrogens (tertiary/aromatic N) is 2. The molecule has 2 aromatic heterocycles. The molecule has 2 heterocycles. The number of rotatable bonds is 12. The van der Waals surface area contributed by atoms with Crippen LogP contribution in [0.2, 0.25) is 0 Å². The lowest BCUT2D eigenvalue weighted by molar-refractivity contribution is -0.133. The summed E-state index contributed by atoms with van der Waals surface area (Å²) >= 11 is 1.46. The summed E-state index contributed by atoms with van der Waals surface area (Å²) in [7, 11) is 1.61. The van der Waals surface area contributed by atoms with Crippen molar-refractivity contribution < 1.29 is 32.6 Å². The second kappa shape index (κ2) is 14.1. The maximum Gasteiger partial charge on any atom is 0.240 e. The molecule has 1 atom stereocenters. The molecule has 5 aromatic rings. The first-order valence-corrected chi connectivity index (χ1v) is 16.5. The van der Waals surface area contributed by atoms with Gasteiger partial charge in [0.1, 0.15) is 17.0 Å². The van der Waals surface area contributed by atoms with E-state index in [0.717, 1.165) is 26.8 Å². The molecule has 0 bridgehead atoms. The summed E-state index contributed by atoms with van der Waals surface area (Å²) in [6, 6.07) is 20.8. The highest BCUT2D eigenvalue weighted by Crippen LogP contribution is 2.48. The molecule has 3 amide bonds. The zero-order valence-corrected chi connectivity index (χ0v) is 27.9. The quantitative estimate of drug-likeness (QED) is 0.130. The predicted molar refractivity (Wildman–Crippen MR) is 184 cm³/mol. The fraction of sp³-hybridized carbons (Fsp3) is 0.243. The van der Waals surface area contributed by atoms with Crippen LogP contribution in [0.4, 0.5) is 20.2 Å². The molecular weight excluding hydrogens is 650 g/mol. The number of halogens is 2. The lowest BCUT2D eigenvalue weighted by atomic mass is 10.0. The number of nitrogens with one attached hydrogen (secondary N) is 2. The van der Waals surface area contributed by atoms with Gasteiger partial charge < -0.3 is 25.0 Å². The minimum absolute atomic E-state index is 0.0248. The van der Waals surface area contributed by atoms with Crippen molar-refractivity contribution in [2.45, 2.75) is 39.3 Å². The van der Waals surface area contributed by atoms with Gasteiger partial charge in [-0.2, -0.15) is 0 Å². The average Bonchev–Trinajstić information content (AvgIpc) is 3.79. The number of pyridine rings is 1. The number of fused-ring (bicyclic) bond motifs is 1. The van der Waals surface area contributed by atoms with Gasteiger partial charge in [-0.1, -0.05) is 24.3 Å². The zero-order chi connectivity index (χ0) is 34.7. The van der Waals surface area contributed by atoms with Gasteiger partial charge in [-0.25, -0.2) is 8.78 Å². The van der Waals surface area contributed by atoms with Crippen molar-refractivity contribution >= 4 is 50.6 Å². The van der Waals surface area contributed by atoms with Crippen LogP contribution in [0.3, 0.4) is 0 Å². The van der Waals surface area contributed by atoms with E-state index in [-0.39, 0.29) is 23.4 Å². The van der Waals surface area contributed by atoms with E-state index in [0.29, 0.717) is 42.9 Å². The lowest BCUT2D eigenvalue weighted by Gasteiger charge is -2.27. The minimum atomic E-state index is -1.28. The van der Waals surface area contributed by atoms with Crippen LogP contribution in [0.25, 0.3) is 20.7 Å². The Hall–Kier alpha value is -5.20. The van der Waals surface area contributed by atoms with Gasteiger partial charge in [-0.3, -0.25) is 19.4 Å². The molecule has 1 fully saturated rings. The number of carbonyl (C=O) groups is 3. The fourth-order valence-electron chi connectivity index (χ4n) is 5.51. The molecule has 6 rings (SSSR count). The highest BCUT2D eigenvalue weighted by atomic mass is 32.1. The van der Waals surface area contributed by atoms with Crippen LogP contribution in [0.15, 0.2) is 85.1 Å². The third kappa shape index (κ3) is 7.45. The number of amides is 3. The van der Waals surface area contributed by atoms with Crippen LogP contribution in [0.5, 0.6) is 11.5 Å². The first kappa shape index (κ1) is 33.7. The second-order valence-electron chi connectivity index (χ2n) is 12.0. The Morgan fingerprint density at radius 1 is 0.918 bits per heavy atom. The number of anilines is 2. The van der Waals surface area contributed by atoms with Crippen molar-refractivity contribution in [2.24, 2.45) is 5.41 Å². The topological polar surface area (TPSA) is 110 Å². The molecule has 12 heteroatoms. The van der Waals surface area contributed by atoms with E-state index in [1.807, 2.05) is 37.3 Å². The molecule has 252 valence electrons. The number of ether oxygens (including phenoxy) is 2. The monoisotopic (exact) mass is 684 g/mol. The summed E-state index contributed by atoms with van der Waals surface area (Å²) in [5.74, 6) is -1.84. The Bertz CT molecular complexity index is 2010. The van der Waals surface area contributed by atoms with Crippen molar-refractivity contribution in [3.63, 3.8) is 0 Å². The first-order valence-electron chi connectivity index (χ1n) is 15.7. The maximum absolute atomic E-state index is 15.3. The Kier molecular flexibility index (Phi) is 9.70. The van der Waals surface area contributed by atoms with Crippen LogP contribution < -0.4 is 15.4 Å².